The van der Waals surface area contributed by atoms with E-state index in [4.69, 9.17) is 0 Å². The van der Waals surface area contributed by atoms with Gasteiger partial charge in [-0.3, -0.25) is 10.1 Å². The molecule has 2 unspecified atom stereocenters. The van der Waals surface area contributed by atoms with Crippen LogP contribution < -0.4 is 5.32 Å². The Balaban J connectivity index is 1.82. The summed E-state index contributed by atoms with van der Waals surface area (Å²) in [5.41, 5.74) is -0.219. The number of hydrogen-bond acceptors (Lipinski definition) is 3. The second-order valence-corrected chi connectivity index (χ2v) is 7.52. The lowest BCUT2D eigenvalue weighted by atomic mass is 9.96. The Morgan fingerprint density at radius 1 is 1.29 bits per heavy atom. The summed E-state index contributed by atoms with van der Waals surface area (Å²) in [6, 6.07) is 0.408. The molecule has 2 heterocycles. The molecule has 3 aliphatic rings. The first-order valence-electron chi connectivity index (χ1n) is 8.90. The SMILES string of the molecule is CCN1CCCC(N2C(=O)C3(CCCC3)NC2C(C)C)C1. The molecule has 1 spiro atoms. The first kappa shape index (κ1) is 15.3. The van der Waals surface area contributed by atoms with Crippen molar-refractivity contribution in [3.8, 4) is 0 Å². The number of hydrogen-bond donors (Lipinski definition) is 1. The lowest BCUT2D eigenvalue weighted by Crippen LogP contribution is -2.53. The van der Waals surface area contributed by atoms with Crippen molar-refractivity contribution < 1.29 is 4.79 Å². The number of nitrogens with one attached hydrogen (secondary N) is 1. The lowest BCUT2D eigenvalue weighted by molar-refractivity contribution is -0.137. The highest BCUT2D eigenvalue weighted by Crippen LogP contribution is 2.39. The zero-order chi connectivity index (χ0) is 15.0. The van der Waals surface area contributed by atoms with Gasteiger partial charge in [0.05, 0.1) is 11.7 Å². The Hall–Kier alpha value is -0.610. The van der Waals surface area contributed by atoms with E-state index in [0.717, 1.165) is 25.9 Å². The van der Waals surface area contributed by atoms with Gasteiger partial charge < -0.3 is 9.80 Å². The number of carbonyl (C=O) groups is 1. The Bertz CT molecular complexity index is 389. The van der Waals surface area contributed by atoms with Crippen molar-refractivity contribution in [1.29, 1.82) is 0 Å². The largest absolute Gasteiger partial charge is 0.321 e. The molecule has 1 saturated carbocycles. The molecule has 3 fully saturated rings. The van der Waals surface area contributed by atoms with Crippen LogP contribution in [0.3, 0.4) is 0 Å². The van der Waals surface area contributed by atoms with E-state index in [1.807, 2.05) is 0 Å². The van der Waals surface area contributed by atoms with Crippen molar-refractivity contribution in [2.45, 2.75) is 77.0 Å². The van der Waals surface area contributed by atoms with Gasteiger partial charge in [-0.05, 0) is 44.7 Å². The van der Waals surface area contributed by atoms with E-state index < -0.39 is 0 Å². The van der Waals surface area contributed by atoms with Crippen LogP contribution in [0.15, 0.2) is 0 Å². The summed E-state index contributed by atoms with van der Waals surface area (Å²) in [7, 11) is 0. The minimum atomic E-state index is -0.219. The molecular formula is C17H31N3O. The second-order valence-electron chi connectivity index (χ2n) is 7.52. The third-order valence-electron chi connectivity index (χ3n) is 5.78. The van der Waals surface area contributed by atoms with Gasteiger partial charge in [0.1, 0.15) is 0 Å². The van der Waals surface area contributed by atoms with Crippen LogP contribution in [0.4, 0.5) is 0 Å². The summed E-state index contributed by atoms with van der Waals surface area (Å²) in [6.07, 6.45) is 7.10. The van der Waals surface area contributed by atoms with Crippen molar-refractivity contribution in [3.63, 3.8) is 0 Å². The third kappa shape index (κ3) is 2.61. The summed E-state index contributed by atoms with van der Waals surface area (Å²) in [5, 5.41) is 3.75. The lowest BCUT2D eigenvalue weighted by Gasteiger charge is -2.40. The number of piperidine rings is 1. The van der Waals surface area contributed by atoms with Gasteiger partial charge in [-0.15, -0.1) is 0 Å². The molecule has 2 atom stereocenters. The van der Waals surface area contributed by atoms with Crippen LogP contribution >= 0.6 is 0 Å². The number of likely N-dealkylation sites (N-methyl/N-ethyl adjacent to an activating group) is 1. The molecule has 0 aromatic rings. The molecular weight excluding hydrogens is 262 g/mol. The van der Waals surface area contributed by atoms with E-state index in [-0.39, 0.29) is 11.7 Å². The Morgan fingerprint density at radius 2 is 2.00 bits per heavy atom. The first-order chi connectivity index (χ1) is 10.1. The van der Waals surface area contributed by atoms with Gasteiger partial charge in [-0.25, -0.2) is 0 Å². The molecule has 21 heavy (non-hydrogen) atoms. The van der Waals surface area contributed by atoms with Crippen LogP contribution in [-0.2, 0) is 4.79 Å². The van der Waals surface area contributed by atoms with Crippen LogP contribution in [-0.4, -0.2) is 53.1 Å². The van der Waals surface area contributed by atoms with Crippen molar-refractivity contribution in [2.24, 2.45) is 5.92 Å². The number of nitrogens with zero attached hydrogens (tertiary/aromatic N) is 2. The maximum absolute atomic E-state index is 13.2. The average Bonchev–Trinajstić information content (AvgIpc) is 3.06. The molecule has 0 aromatic heterocycles. The number of carbonyl (C=O) groups excluding carboxylic acids is 1. The standard InChI is InChI=1S/C17H31N3O/c1-4-19-11-7-8-14(12-19)20-15(13(2)3)18-17(16(20)21)9-5-6-10-17/h13-15,18H,4-12H2,1-3H3. The summed E-state index contributed by atoms with van der Waals surface area (Å²) in [6.45, 7) is 10.1. The van der Waals surface area contributed by atoms with Gasteiger partial charge in [0.15, 0.2) is 0 Å². The molecule has 1 aliphatic carbocycles. The third-order valence-corrected chi connectivity index (χ3v) is 5.78. The van der Waals surface area contributed by atoms with Gasteiger partial charge in [-0.1, -0.05) is 33.6 Å². The highest BCUT2D eigenvalue weighted by atomic mass is 16.2. The van der Waals surface area contributed by atoms with Gasteiger partial charge in [-0.2, -0.15) is 0 Å². The predicted molar refractivity (Wildman–Crippen MR) is 84.9 cm³/mol. The highest BCUT2D eigenvalue weighted by Gasteiger charge is 2.54. The number of amides is 1. The fourth-order valence-corrected chi connectivity index (χ4v) is 4.55. The topological polar surface area (TPSA) is 35.6 Å². The molecule has 4 heteroatoms. The van der Waals surface area contributed by atoms with E-state index in [9.17, 15) is 4.79 Å². The van der Waals surface area contributed by atoms with Gasteiger partial charge in [0.2, 0.25) is 5.91 Å². The molecule has 120 valence electrons. The van der Waals surface area contributed by atoms with E-state index in [1.165, 1.54) is 32.2 Å². The van der Waals surface area contributed by atoms with E-state index in [0.29, 0.717) is 17.9 Å². The van der Waals surface area contributed by atoms with Gasteiger partial charge >= 0.3 is 0 Å². The highest BCUT2D eigenvalue weighted by molar-refractivity contribution is 5.89. The summed E-state index contributed by atoms with van der Waals surface area (Å²) in [5.74, 6) is 0.882. The van der Waals surface area contributed by atoms with E-state index in [1.54, 1.807) is 0 Å². The van der Waals surface area contributed by atoms with E-state index in [2.05, 4.69) is 35.9 Å². The van der Waals surface area contributed by atoms with Crippen molar-refractivity contribution >= 4 is 5.91 Å². The molecule has 1 N–H and O–H groups in total. The zero-order valence-corrected chi connectivity index (χ0v) is 13.9. The van der Waals surface area contributed by atoms with Crippen LogP contribution in [0.5, 0.6) is 0 Å². The van der Waals surface area contributed by atoms with Crippen molar-refractivity contribution in [3.05, 3.63) is 0 Å². The molecule has 2 aliphatic heterocycles. The molecule has 0 radical (unpaired) electrons. The van der Waals surface area contributed by atoms with Crippen molar-refractivity contribution in [1.82, 2.24) is 15.1 Å². The minimum absolute atomic E-state index is 0.219. The van der Waals surface area contributed by atoms with Gasteiger partial charge in [0, 0.05) is 12.6 Å². The molecule has 2 saturated heterocycles. The fraction of sp³-hybridized carbons (Fsp3) is 0.941. The van der Waals surface area contributed by atoms with Crippen LogP contribution in [0, 0.1) is 5.92 Å². The Labute approximate surface area is 129 Å². The molecule has 0 aromatic carbocycles. The maximum Gasteiger partial charge on any atom is 0.244 e. The monoisotopic (exact) mass is 293 g/mol. The van der Waals surface area contributed by atoms with Crippen molar-refractivity contribution in [2.75, 3.05) is 19.6 Å². The fourth-order valence-electron chi connectivity index (χ4n) is 4.55. The average molecular weight is 293 g/mol. The van der Waals surface area contributed by atoms with Crippen LogP contribution in [0.2, 0.25) is 0 Å². The number of rotatable bonds is 3. The van der Waals surface area contributed by atoms with Gasteiger partial charge in [0.25, 0.3) is 0 Å². The van der Waals surface area contributed by atoms with Crippen LogP contribution in [0.25, 0.3) is 0 Å². The molecule has 1 amide bonds. The minimum Gasteiger partial charge on any atom is -0.321 e. The Morgan fingerprint density at radius 3 is 2.62 bits per heavy atom. The molecule has 3 rings (SSSR count). The summed E-state index contributed by atoms with van der Waals surface area (Å²) >= 11 is 0. The summed E-state index contributed by atoms with van der Waals surface area (Å²) < 4.78 is 0. The van der Waals surface area contributed by atoms with Crippen LogP contribution in [0.1, 0.15) is 59.3 Å². The molecule has 4 nitrogen and oxygen atoms in total. The summed E-state index contributed by atoms with van der Waals surface area (Å²) in [4.78, 5) is 17.9. The quantitative estimate of drug-likeness (QED) is 0.866. The molecule has 0 bridgehead atoms. The second kappa shape index (κ2) is 5.88. The number of likely N-dealkylation sites (tertiary alicyclic amines) is 1. The predicted octanol–water partition coefficient (Wildman–Crippen LogP) is 2.20. The Kier molecular flexibility index (Phi) is 4.28. The zero-order valence-electron chi connectivity index (χ0n) is 13.9. The normalized spacial score (nSPS) is 33.5. The smallest absolute Gasteiger partial charge is 0.244 e. The maximum atomic E-state index is 13.2. The first-order valence-corrected chi connectivity index (χ1v) is 8.90. The van der Waals surface area contributed by atoms with E-state index >= 15 is 0 Å².